The van der Waals surface area contributed by atoms with E-state index >= 15 is 0 Å². The standard InChI is InChI=1S/C32H37N3OSSi/c1-22-18-20-26(21-19-22)34-31(37)35-30-24(3)23(2)29(25(4)33-30)36-38(32(5,6)7,27-14-10-8-11-15-27)28-16-12-9-13-17-28/h8-21H,1-7H3,(H2,33,34,35,37). The van der Waals surface area contributed by atoms with Crippen LogP contribution in [-0.4, -0.2) is 18.4 Å². The molecule has 0 amide bonds. The molecule has 2 N–H and O–H groups in total. The van der Waals surface area contributed by atoms with Crippen LogP contribution in [0.5, 0.6) is 5.75 Å². The lowest BCUT2D eigenvalue weighted by molar-refractivity contribution is 0.498. The summed E-state index contributed by atoms with van der Waals surface area (Å²) in [6, 6.07) is 29.5. The number of benzene rings is 3. The maximum absolute atomic E-state index is 7.35. The van der Waals surface area contributed by atoms with Crippen LogP contribution in [0.2, 0.25) is 5.04 Å². The summed E-state index contributed by atoms with van der Waals surface area (Å²) in [6.45, 7) is 15.1. The van der Waals surface area contributed by atoms with Crippen molar-refractivity contribution < 1.29 is 4.43 Å². The summed E-state index contributed by atoms with van der Waals surface area (Å²) >= 11 is 5.61. The molecule has 4 rings (SSSR count). The first kappa shape index (κ1) is 27.5. The first-order valence-electron chi connectivity index (χ1n) is 13.0. The van der Waals surface area contributed by atoms with Crippen LogP contribution in [0, 0.1) is 27.7 Å². The smallest absolute Gasteiger partial charge is 0.320 e. The van der Waals surface area contributed by atoms with E-state index in [1.165, 1.54) is 15.9 Å². The molecule has 3 aromatic carbocycles. The third kappa shape index (κ3) is 5.52. The summed E-state index contributed by atoms with van der Waals surface area (Å²) in [5.41, 5.74) is 5.05. The number of hydrogen-bond acceptors (Lipinski definition) is 3. The van der Waals surface area contributed by atoms with E-state index in [0.717, 1.165) is 34.1 Å². The number of nitrogens with one attached hydrogen (secondary N) is 2. The Morgan fingerprint density at radius 1 is 0.737 bits per heavy atom. The van der Waals surface area contributed by atoms with Crippen LogP contribution < -0.4 is 25.4 Å². The van der Waals surface area contributed by atoms with Gasteiger partial charge in [-0.1, -0.05) is 99.1 Å². The van der Waals surface area contributed by atoms with Crippen molar-refractivity contribution in [1.29, 1.82) is 0 Å². The molecule has 1 heterocycles. The minimum atomic E-state index is -2.78. The quantitative estimate of drug-likeness (QED) is 0.203. The molecule has 0 aliphatic heterocycles. The van der Waals surface area contributed by atoms with Crippen molar-refractivity contribution >= 4 is 47.5 Å². The minimum absolute atomic E-state index is 0.140. The van der Waals surface area contributed by atoms with E-state index in [-0.39, 0.29) is 5.04 Å². The van der Waals surface area contributed by atoms with Crippen molar-refractivity contribution in [3.05, 3.63) is 107 Å². The first-order valence-corrected chi connectivity index (χ1v) is 15.3. The van der Waals surface area contributed by atoms with E-state index < -0.39 is 8.32 Å². The number of thiocarbonyl (C=S) groups is 1. The Bertz CT molecular complexity index is 1380. The molecule has 6 heteroatoms. The maximum atomic E-state index is 7.35. The first-order chi connectivity index (χ1) is 18.0. The third-order valence-electron chi connectivity index (χ3n) is 7.08. The molecule has 0 spiro atoms. The molecule has 0 fully saturated rings. The van der Waals surface area contributed by atoms with Gasteiger partial charge in [0.25, 0.3) is 0 Å². The number of aryl methyl sites for hydroxylation is 2. The van der Waals surface area contributed by atoms with Crippen LogP contribution in [0.1, 0.15) is 43.2 Å². The highest BCUT2D eigenvalue weighted by atomic mass is 32.1. The SMILES string of the molecule is Cc1ccc(NC(=S)Nc2nc(C)c(O[Si](c3ccccc3)(c3ccccc3)C(C)(C)C)c(C)c2C)cc1. The lowest BCUT2D eigenvalue weighted by Gasteiger charge is -2.43. The lowest BCUT2D eigenvalue weighted by atomic mass is 10.1. The van der Waals surface area contributed by atoms with Crippen molar-refractivity contribution in [3.8, 4) is 5.75 Å². The summed E-state index contributed by atoms with van der Waals surface area (Å²) in [7, 11) is -2.78. The van der Waals surface area contributed by atoms with Gasteiger partial charge in [0, 0.05) is 5.69 Å². The molecular formula is C32H37N3OSSi. The predicted molar refractivity (Wildman–Crippen MR) is 168 cm³/mol. The molecule has 4 aromatic rings. The van der Waals surface area contributed by atoms with E-state index in [1.54, 1.807) is 0 Å². The van der Waals surface area contributed by atoms with Gasteiger partial charge >= 0.3 is 8.32 Å². The average Bonchev–Trinajstić information content (AvgIpc) is 2.89. The molecule has 0 radical (unpaired) electrons. The van der Waals surface area contributed by atoms with Gasteiger partial charge in [0.15, 0.2) is 5.11 Å². The normalized spacial score (nSPS) is 11.7. The Kier molecular flexibility index (Phi) is 8.04. The maximum Gasteiger partial charge on any atom is 0.320 e. The number of rotatable bonds is 6. The van der Waals surface area contributed by atoms with Crippen LogP contribution in [0.4, 0.5) is 11.5 Å². The fraction of sp³-hybridized carbons (Fsp3) is 0.250. The van der Waals surface area contributed by atoms with Gasteiger partial charge in [-0.25, -0.2) is 4.98 Å². The number of pyridine rings is 1. The number of hydrogen-bond donors (Lipinski definition) is 2. The Morgan fingerprint density at radius 3 is 1.76 bits per heavy atom. The van der Waals surface area contributed by atoms with E-state index in [4.69, 9.17) is 21.6 Å². The van der Waals surface area contributed by atoms with Gasteiger partial charge in [-0.15, -0.1) is 0 Å². The zero-order chi connectivity index (χ0) is 27.5. The molecule has 4 nitrogen and oxygen atoms in total. The van der Waals surface area contributed by atoms with Crippen molar-refractivity contribution in [2.75, 3.05) is 10.6 Å². The molecule has 0 aliphatic carbocycles. The van der Waals surface area contributed by atoms with E-state index in [9.17, 15) is 0 Å². The van der Waals surface area contributed by atoms with E-state index in [0.29, 0.717) is 5.11 Å². The predicted octanol–water partition coefficient (Wildman–Crippen LogP) is 7.06. The second-order valence-corrected chi connectivity index (χ2v) is 15.5. The summed E-state index contributed by atoms with van der Waals surface area (Å²) < 4.78 is 7.35. The molecule has 0 aliphatic rings. The molecule has 0 atom stereocenters. The molecule has 0 unspecified atom stereocenters. The monoisotopic (exact) mass is 539 g/mol. The summed E-state index contributed by atoms with van der Waals surface area (Å²) in [5, 5.41) is 9.40. The third-order valence-corrected chi connectivity index (χ3v) is 12.2. The minimum Gasteiger partial charge on any atom is -0.533 e. The highest BCUT2D eigenvalue weighted by molar-refractivity contribution is 7.80. The average molecular weight is 540 g/mol. The van der Waals surface area contributed by atoms with Crippen molar-refractivity contribution in [3.63, 3.8) is 0 Å². The van der Waals surface area contributed by atoms with Crippen LogP contribution in [0.25, 0.3) is 0 Å². The highest BCUT2D eigenvalue weighted by Gasteiger charge is 2.52. The highest BCUT2D eigenvalue weighted by Crippen LogP contribution is 2.40. The molecule has 196 valence electrons. The topological polar surface area (TPSA) is 46.2 Å². The second-order valence-electron chi connectivity index (χ2n) is 10.8. The molecule has 38 heavy (non-hydrogen) atoms. The Hall–Kier alpha value is -3.48. The van der Waals surface area contributed by atoms with Gasteiger partial charge in [0.05, 0.1) is 5.69 Å². The summed E-state index contributed by atoms with van der Waals surface area (Å²) in [4.78, 5) is 4.94. The fourth-order valence-corrected chi connectivity index (χ4v) is 9.66. The van der Waals surface area contributed by atoms with Gasteiger partial charge < -0.3 is 15.1 Å². The van der Waals surface area contributed by atoms with E-state index in [2.05, 4.69) is 125 Å². The summed E-state index contributed by atoms with van der Waals surface area (Å²) in [5.74, 6) is 1.58. The van der Waals surface area contributed by atoms with Gasteiger partial charge in [-0.3, -0.25) is 0 Å². The Balaban J connectivity index is 1.75. The largest absolute Gasteiger partial charge is 0.533 e. The molecule has 0 saturated carbocycles. The zero-order valence-corrected chi connectivity index (χ0v) is 25.2. The lowest BCUT2D eigenvalue weighted by Crippen LogP contribution is -2.69. The van der Waals surface area contributed by atoms with Crippen molar-refractivity contribution in [2.45, 2.75) is 53.5 Å². The molecular weight excluding hydrogens is 503 g/mol. The summed E-state index contributed by atoms with van der Waals surface area (Å²) in [6.07, 6.45) is 0. The molecule has 0 saturated heterocycles. The molecule has 0 bridgehead atoms. The van der Waals surface area contributed by atoms with Gasteiger partial charge in [0.1, 0.15) is 11.6 Å². The van der Waals surface area contributed by atoms with Gasteiger partial charge in [0.2, 0.25) is 0 Å². The van der Waals surface area contributed by atoms with Crippen LogP contribution >= 0.6 is 12.2 Å². The Labute approximate surface area is 233 Å². The molecule has 1 aromatic heterocycles. The van der Waals surface area contributed by atoms with Gasteiger partial charge in [-0.05, 0) is 78.6 Å². The van der Waals surface area contributed by atoms with Crippen LogP contribution in [-0.2, 0) is 0 Å². The van der Waals surface area contributed by atoms with Crippen LogP contribution in [0.15, 0.2) is 84.9 Å². The van der Waals surface area contributed by atoms with E-state index in [1.807, 2.05) is 19.1 Å². The van der Waals surface area contributed by atoms with Crippen molar-refractivity contribution in [1.82, 2.24) is 4.98 Å². The second kappa shape index (κ2) is 11.1. The number of anilines is 2. The Morgan fingerprint density at radius 2 is 1.26 bits per heavy atom. The number of nitrogens with zero attached hydrogens (tertiary/aromatic N) is 1. The van der Waals surface area contributed by atoms with Crippen LogP contribution in [0.3, 0.4) is 0 Å². The van der Waals surface area contributed by atoms with Crippen molar-refractivity contribution in [2.24, 2.45) is 0 Å². The zero-order valence-electron chi connectivity index (χ0n) is 23.3. The van der Waals surface area contributed by atoms with Gasteiger partial charge in [-0.2, -0.15) is 0 Å². The fourth-order valence-electron chi connectivity index (χ4n) is 4.90. The number of aromatic nitrogens is 1.